The van der Waals surface area contributed by atoms with E-state index in [1.807, 2.05) is 0 Å². The predicted octanol–water partition coefficient (Wildman–Crippen LogP) is 4.14. The van der Waals surface area contributed by atoms with Crippen molar-refractivity contribution in [2.45, 2.75) is 18.0 Å². The van der Waals surface area contributed by atoms with Crippen molar-refractivity contribution in [2.75, 3.05) is 0 Å². The highest BCUT2D eigenvalue weighted by Gasteiger charge is 2.63. The number of aromatic nitrogens is 3. The summed E-state index contributed by atoms with van der Waals surface area (Å²) >= 11 is 0. The van der Waals surface area contributed by atoms with Crippen molar-refractivity contribution in [2.24, 2.45) is 5.73 Å². The van der Waals surface area contributed by atoms with Crippen molar-refractivity contribution >= 4 is 0 Å². The number of allylic oxidation sites excluding steroid dienone is 1. The van der Waals surface area contributed by atoms with Crippen LogP contribution < -0.4 is 10.5 Å². The Morgan fingerprint density at radius 2 is 1.77 bits per heavy atom. The molecule has 11 heteroatoms. The minimum atomic E-state index is -5.93. The van der Waals surface area contributed by atoms with Gasteiger partial charge in [0.05, 0.1) is 17.2 Å². The molecule has 2 N–H and O–H groups in total. The molecule has 0 bridgehead atoms. The van der Waals surface area contributed by atoms with Gasteiger partial charge < -0.3 is 10.5 Å². The number of hydrogen-bond acceptors (Lipinski definition) is 5. The van der Waals surface area contributed by atoms with Crippen molar-refractivity contribution in [3.63, 3.8) is 0 Å². The van der Waals surface area contributed by atoms with Gasteiger partial charge in [0.2, 0.25) is 11.8 Å². The van der Waals surface area contributed by atoms with Crippen LogP contribution in [0, 0.1) is 11.3 Å². The van der Waals surface area contributed by atoms with Crippen LogP contribution in [0.2, 0.25) is 0 Å². The number of para-hydroxylation sites is 1. The lowest BCUT2D eigenvalue weighted by molar-refractivity contribution is -0.291. The van der Waals surface area contributed by atoms with E-state index in [-0.39, 0.29) is 16.8 Å². The number of halogens is 5. The molecule has 0 amide bonds. The lowest BCUT2D eigenvalue weighted by Crippen LogP contribution is -2.36. The van der Waals surface area contributed by atoms with Crippen LogP contribution in [0.15, 0.2) is 66.3 Å². The highest BCUT2D eigenvalue weighted by atomic mass is 19.4. The Hall–Kier alpha value is -3.94. The van der Waals surface area contributed by atoms with E-state index in [9.17, 15) is 27.2 Å². The Balaban J connectivity index is 2.09. The lowest BCUT2D eigenvalue weighted by Gasteiger charge is -2.26. The fourth-order valence-corrected chi connectivity index (χ4v) is 3.33. The Morgan fingerprint density at radius 3 is 2.35 bits per heavy atom. The molecule has 4 rings (SSSR count). The van der Waals surface area contributed by atoms with Crippen LogP contribution in [0.1, 0.15) is 22.7 Å². The molecule has 3 heterocycles. The molecule has 0 spiro atoms. The third-order valence-electron chi connectivity index (χ3n) is 4.72. The molecule has 2 aromatic heterocycles. The van der Waals surface area contributed by atoms with Gasteiger partial charge in [-0.05, 0) is 23.8 Å². The zero-order chi connectivity index (χ0) is 22.4. The first kappa shape index (κ1) is 20.3. The third kappa shape index (κ3) is 3.16. The van der Waals surface area contributed by atoms with E-state index in [0.29, 0.717) is 0 Å². The number of ether oxygens (including phenoxy) is 1. The third-order valence-corrected chi connectivity index (χ3v) is 4.72. The van der Waals surface area contributed by atoms with Crippen molar-refractivity contribution in [1.82, 2.24) is 14.8 Å². The van der Waals surface area contributed by atoms with E-state index in [0.717, 1.165) is 4.68 Å². The van der Waals surface area contributed by atoms with E-state index < -0.39 is 41.0 Å². The Morgan fingerprint density at radius 1 is 1.06 bits per heavy atom. The first-order chi connectivity index (χ1) is 14.7. The summed E-state index contributed by atoms with van der Waals surface area (Å²) in [5.41, 5.74) is 3.68. The number of fused-ring (bicyclic) bond motifs is 1. The van der Waals surface area contributed by atoms with Crippen molar-refractivity contribution in [3.05, 3.63) is 83.1 Å². The van der Waals surface area contributed by atoms with E-state index in [4.69, 9.17) is 10.5 Å². The van der Waals surface area contributed by atoms with Gasteiger partial charge in [-0.3, -0.25) is 4.98 Å². The molecule has 31 heavy (non-hydrogen) atoms. The summed E-state index contributed by atoms with van der Waals surface area (Å²) in [6.45, 7) is 0. The quantitative estimate of drug-likeness (QED) is 0.627. The van der Waals surface area contributed by atoms with E-state index in [2.05, 4.69) is 10.1 Å². The molecule has 1 aliphatic rings. The van der Waals surface area contributed by atoms with Crippen molar-refractivity contribution in [1.29, 1.82) is 5.26 Å². The van der Waals surface area contributed by atoms with E-state index in [1.54, 1.807) is 24.3 Å². The Bertz CT molecular complexity index is 1200. The standard InChI is InChI=1S/C20H12F5N5O/c21-19(22,20(23,24)25)16-15-14(11-5-4-8-28-10-11)13(9-26)17(27)31-18(15)30(29-16)12-6-2-1-3-7-12/h1-8,10,14H,27H2. The molecule has 158 valence electrons. The van der Waals surface area contributed by atoms with Gasteiger partial charge in [0, 0.05) is 12.4 Å². The van der Waals surface area contributed by atoms with Gasteiger partial charge in [-0.25, -0.2) is 0 Å². The number of hydrogen-bond donors (Lipinski definition) is 1. The minimum Gasteiger partial charge on any atom is -0.422 e. The van der Waals surface area contributed by atoms with Gasteiger partial charge in [-0.1, -0.05) is 24.3 Å². The SMILES string of the molecule is N#CC1=C(N)Oc2c(c(C(F)(F)C(F)(F)F)nn2-c2ccccc2)C1c1cccnc1. The maximum atomic E-state index is 14.6. The van der Waals surface area contributed by atoms with E-state index >= 15 is 0 Å². The number of pyridine rings is 1. The van der Waals surface area contributed by atoms with Crippen LogP contribution in [-0.4, -0.2) is 20.9 Å². The van der Waals surface area contributed by atoms with Crippen LogP contribution >= 0.6 is 0 Å². The summed E-state index contributed by atoms with van der Waals surface area (Å²) in [6.07, 6.45) is -3.29. The van der Waals surface area contributed by atoms with Crippen LogP contribution in [0.3, 0.4) is 0 Å². The predicted molar refractivity (Wildman–Crippen MR) is 97.0 cm³/mol. The van der Waals surface area contributed by atoms with Crippen LogP contribution in [0.5, 0.6) is 5.88 Å². The highest BCUT2D eigenvalue weighted by Crippen LogP contribution is 2.52. The number of alkyl halides is 5. The molecular weight excluding hydrogens is 421 g/mol. The lowest BCUT2D eigenvalue weighted by atomic mass is 9.83. The maximum Gasteiger partial charge on any atom is 0.459 e. The zero-order valence-electron chi connectivity index (χ0n) is 15.4. The van der Waals surface area contributed by atoms with Crippen molar-refractivity contribution < 1.29 is 26.7 Å². The van der Waals surface area contributed by atoms with Gasteiger partial charge in [0.25, 0.3) is 0 Å². The van der Waals surface area contributed by atoms with Crippen molar-refractivity contribution in [3.8, 4) is 17.6 Å². The van der Waals surface area contributed by atoms with E-state index in [1.165, 1.54) is 36.7 Å². The molecular formula is C20H12F5N5O. The largest absolute Gasteiger partial charge is 0.459 e. The molecule has 0 radical (unpaired) electrons. The molecule has 1 aliphatic heterocycles. The summed E-state index contributed by atoms with van der Waals surface area (Å²) in [5.74, 6) is -7.57. The Kier molecular flexibility index (Phi) is 4.65. The topological polar surface area (TPSA) is 89.8 Å². The monoisotopic (exact) mass is 433 g/mol. The Labute approximate surface area is 172 Å². The molecule has 1 atom stereocenters. The first-order valence-electron chi connectivity index (χ1n) is 8.77. The molecule has 6 nitrogen and oxygen atoms in total. The van der Waals surface area contributed by atoms with Gasteiger partial charge in [0.1, 0.15) is 17.3 Å². The maximum absolute atomic E-state index is 14.6. The van der Waals surface area contributed by atoms with Gasteiger partial charge in [-0.15, -0.1) is 0 Å². The molecule has 3 aromatic rings. The second-order valence-electron chi connectivity index (χ2n) is 6.60. The second-order valence-corrected chi connectivity index (χ2v) is 6.60. The first-order valence-corrected chi connectivity index (χ1v) is 8.77. The normalized spacial score (nSPS) is 16.5. The minimum absolute atomic E-state index is 0.168. The van der Waals surface area contributed by atoms with Crippen LogP contribution in [0.25, 0.3) is 5.69 Å². The molecule has 0 aliphatic carbocycles. The van der Waals surface area contributed by atoms with Gasteiger partial charge in [0.15, 0.2) is 0 Å². The van der Waals surface area contributed by atoms with Gasteiger partial charge >= 0.3 is 12.1 Å². The molecule has 1 unspecified atom stereocenters. The molecule has 1 aromatic carbocycles. The zero-order valence-corrected chi connectivity index (χ0v) is 15.4. The summed E-state index contributed by atoms with van der Waals surface area (Å²) in [5, 5.41) is 13.2. The number of rotatable bonds is 3. The summed E-state index contributed by atoms with van der Waals surface area (Å²) in [7, 11) is 0. The summed E-state index contributed by atoms with van der Waals surface area (Å²) < 4.78 is 75.4. The average Bonchev–Trinajstić information content (AvgIpc) is 3.12. The van der Waals surface area contributed by atoms with Crippen LogP contribution in [-0.2, 0) is 5.92 Å². The molecule has 0 saturated heterocycles. The second kappa shape index (κ2) is 7.09. The number of benzene rings is 1. The fourth-order valence-electron chi connectivity index (χ4n) is 3.33. The fraction of sp³-hybridized carbons (Fsp3) is 0.150. The molecule has 0 saturated carbocycles. The average molecular weight is 433 g/mol. The number of nitriles is 1. The highest BCUT2D eigenvalue weighted by molar-refractivity contribution is 5.58. The molecule has 0 fully saturated rings. The number of nitrogens with two attached hydrogens (primary N) is 1. The van der Waals surface area contributed by atoms with Gasteiger partial charge in [-0.2, -0.15) is 37.0 Å². The summed E-state index contributed by atoms with van der Waals surface area (Å²) in [4.78, 5) is 3.88. The smallest absolute Gasteiger partial charge is 0.422 e. The van der Waals surface area contributed by atoms with Crippen LogP contribution in [0.4, 0.5) is 22.0 Å². The number of nitrogens with zero attached hydrogens (tertiary/aromatic N) is 4. The summed E-state index contributed by atoms with van der Waals surface area (Å²) in [6, 6.07) is 12.3.